The highest BCUT2D eigenvalue weighted by molar-refractivity contribution is 7.89. The monoisotopic (exact) mass is 301 g/mol. The van der Waals surface area contributed by atoms with Gasteiger partial charge in [0.1, 0.15) is 5.75 Å². The molecule has 6 heteroatoms. The molecule has 1 rings (SSSR count). The second-order valence-corrected chi connectivity index (χ2v) is 6.61. The highest BCUT2D eigenvalue weighted by atomic mass is 32.2. The molecule has 1 N–H and O–H groups in total. The van der Waals surface area contributed by atoms with E-state index in [9.17, 15) is 8.42 Å². The molecule has 0 amide bonds. The van der Waals surface area contributed by atoms with Crippen molar-refractivity contribution in [1.29, 1.82) is 0 Å². The SMILES string of the molecule is COc1cc(C)c(S(=O)(=O)NCCOC(C)C)c(C)c1. The molecular weight excluding hydrogens is 278 g/mol. The number of hydrogen-bond donors (Lipinski definition) is 1. The van der Waals surface area contributed by atoms with Gasteiger partial charge in [-0.2, -0.15) is 0 Å². The first-order valence-electron chi connectivity index (χ1n) is 6.54. The van der Waals surface area contributed by atoms with E-state index in [0.29, 0.717) is 28.4 Å². The molecule has 0 aliphatic carbocycles. The number of aryl methyl sites for hydroxylation is 2. The summed E-state index contributed by atoms with van der Waals surface area (Å²) in [5, 5.41) is 0. The standard InChI is InChI=1S/C14H23NO4S/c1-10(2)19-7-6-15-20(16,17)14-11(3)8-13(18-5)9-12(14)4/h8-10,15H,6-7H2,1-5H3. The van der Waals surface area contributed by atoms with Crippen LogP contribution in [0.3, 0.4) is 0 Å². The summed E-state index contributed by atoms with van der Waals surface area (Å²) >= 11 is 0. The van der Waals surface area contributed by atoms with Gasteiger partial charge in [-0.3, -0.25) is 0 Å². The van der Waals surface area contributed by atoms with Crippen LogP contribution in [0.4, 0.5) is 0 Å². The predicted octanol–water partition coefficient (Wildman–Crippen LogP) is 2.02. The fourth-order valence-electron chi connectivity index (χ4n) is 2.00. The lowest BCUT2D eigenvalue weighted by atomic mass is 10.1. The Morgan fingerprint density at radius 2 is 1.75 bits per heavy atom. The van der Waals surface area contributed by atoms with Gasteiger partial charge in [-0.25, -0.2) is 13.1 Å². The van der Waals surface area contributed by atoms with Crippen LogP contribution >= 0.6 is 0 Å². The van der Waals surface area contributed by atoms with Crippen LogP contribution in [0.15, 0.2) is 17.0 Å². The molecule has 0 saturated carbocycles. The molecule has 0 bridgehead atoms. The van der Waals surface area contributed by atoms with Crippen LogP contribution in [-0.4, -0.2) is 34.8 Å². The van der Waals surface area contributed by atoms with Crippen molar-refractivity contribution in [3.8, 4) is 5.75 Å². The summed E-state index contributed by atoms with van der Waals surface area (Å²) in [5.74, 6) is 0.655. The largest absolute Gasteiger partial charge is 0.497 e. The van der Waals surface area contributed by atoms with Gasteiger partial charge in [0, 0.05) is 6.54 Å². The minimum atomic E-state index is -3.53. The van der Waals surface area contributed by atoms with E-state index in [4.69, 9.17) is 9.47 Å². The summed E-state index contributed by atoms with van der Waals surface area (Å²) in [6, 6.07) is 3.43. The Morgan fingerprint density at radius 1 is 1.20 bits per heavy atom. The molecule has 0 heterocycles. The molecule has 0 aliphatic rings. The number of methoxy groups -OCH3 is 1. The van der Waals surface area contributed by atoms with Gasteiger partial charge in [0.25, 0.3) is 0 Å². The average Bonchev–Trinajstić information content (AvgIpc) is 2.33. The average molecular weight is 301 g/mol. The van der Waals surface area contributed by atoms with Gasteiger partial charge in [-0.15, -0.1) is 0 Å². The zero-order valence-corrected chi connectivity index (χ0v) is 13.5. The molecule has 0 radical (unpaired) electrons. The topological polar surface area (TPSA) is 64.6 Å². The van der Waals surface area contributed by atoms with Gasteiger partial charge in [-0.05, 0) is 51.0 Å². The quantitative estimate of drug-likeness (QED) is 0.783. The van der Waals surface area contributed by atoms with Crippen LogP contribution in [0.5, 0.6) is 5.75 Å². The third kappa shape index (κ3) is 4.47. The lowest BCUT2D eigenvalue weighted by molar-refractivity contribution is 0.0834. The Kier molecular flexibility index (Phi) is 5.98. The van der Waals surface area contributed by atoms with E-state index in [1.165, 1.54) is 0 Å². The Balaban J connectivity index is 2.87. The summed E-state index contributed by atoms with van der Waals surface area (Å²) in [6.45, 7) is 7.94. The highest BCUT2D eigenvalue weighted by Crippen LogP contribution is 2.25. The molecule has 0 aliphatic heterocycles. The third-order valence-corrected chi connectivity index (χ3v) is 4.55. The van der Waals surface area contributed by atoms with E-state index in [2.05, 4.69) is 4.72 Å². The normalized spacial score (nSPS) is 11.9. The first-order chi connectivity index (χ1) is 9.27. The summed E-state index contributed by atoms with van der Waals surface area (Å²) in [5.41, 5.74) is 1.33. The summed E-state index contributed by atoms with van der Waals surface area (Å²) in [4.78, 5) is 0.308. The molecule has 114 valence electrons. The van der Waals surface area contributed by atoms with Crippen LogP contribution in [0.25, 0.3) is 0 Å². The van der Waals surface area contributed by atoms with Crippen molar-refractivity contribution in [3.63, 3.8) is 0 Å². The number of ether oxygens (including phenoxy) is 2. The van der Waals surface area contributed by atoms with Crippen LogP contribution in [0.1, 0.15) is 25.0 Å². The lowest BCUT2D eigenvalue weighted by Crippen LogP contribution is -2.29. The van der Waals surface area contributed by atoms with E-state index in [1.807, 2.05) is 13.8 Å². The maximum atomic E-state index is 12.3. The molecule has 0 spiro atoms. The number of nitrogens with one attached hydrogen (secondary N) is 1. The van der Waals surface area contributed by atoms with Crippen molar-refractivity contribution in [2.45, 2.75) is 38.7 Å². The van der Waals surface area contributed by atoms with Crippen molar-refractivity contribution in [2.24, 2.45) is 0 Å². The third-order valence-electron chi connectivity index (χ3n) is 2.78. The fraction of sp³-hybridized carbons (Fsp3) is 0.571. The van der Waals surface area contributed by atoms with Crippen LogP contribution in [-0.2, 0) is 14.8 Å². The minimum Gasteiger partial charge on any atom is -0.497 e. The molecule has 0 saturated heterocycles. The summed E-state index contributed by atoms with van der Waals surface area (Å²) in [7, 11) is -1.97. The highest BCUT2D eigenvalue weighted by Gasteiger charge is 2.20. The van der Waals surface area contributed by atoms with Crippen molar-refractivity contribution in [3.05, 3.63) is 23.3 Å². The van der Waals surface area contributed by atoms with Gasteiger partial charge in [0.2, 0.25) is 10.0 Å². The molecule has 0 fully saturated rings. The first kappa shape index (κ1) is 16.9. The van der Waals surface area contributed by atoms with Crippen molar-refractivity contribution < 1.29 is 17.9 Å². The summed E-state index contributed by atoms with van der Waals surface area (Å²) in [6.07, 6.45) is 0.0870. The van der Waals surface area contributed by atoms with Crippen molar-refractivity contribution in [2.75, 3.05) is 20.3 Å². The van der Waals surface area contributed by atoms with Gasteiger partial charge in [-0.1, -0.05) is 0 Å². The molecule has 1 aromatic carbocycles. The molecule has 1 aromatic rings. The minimum absolute atomic E-state index is 0.0870. The van der Waals surface area contributed by atoms with Crippen molar-refractivity contribution in [1.82, 2.24) is 4.72 Å². The molecule has 5 nitrogen and oxygen atoms in total. The molecule has 0 atom stereocenters. The predicted molar refractivity (Wildman–Crippen MR) is 78.7 cm³/mol. The molecular formula is C14H23NO4S. The number of benzene rings is 1. The number of hydrogen-bond acceptors (Lipinski definition) is 4. The number of rotatable bonds is 7. The van der Waals surface area contributed by atoms with E-state index < -0.39 is 10.0 Å². The molecule has 0 unspecified atom stereocenters. The van der Waals surface area contributed by atoms with Gasteiger partial charge in [0.15, 0.2) is 0 Å². The second kappa shape index (κ2) is 7.06. The van der Waals surface area contributed by atoms with E-state index in [-0.39, 0.29) is 12.6 Å². The Bertz CT molecular complexity index is 529. The van der Waals surface area contributed by atoms with Crippen LogP contribution in [0, 0.1) is 13.8 Å². The maximum Gasteiger partial charge on any atom is 0.241 e. The van der Waals surface area contributed by atoms with Crippen molar-refractivity contribution >= 4 is 10.0 Å². The molecule has 20 heavy (non-hydrogen) atoms. The van der Waals surface area contributed by atoms with Gasteiger partial charge >= 0.3 is 0 Å². The van der Waals surface area contributed by atoms with E-state index >= 15 is 0 Å². The summed E-state index contributed by atoms with van der Waals surface area (Å²) < 4.78 is 37.6. The number of sulfonamides is 1. The zero-order chi connectivity index (χ0) is 15.3. The first-order valence-corrected chi connectivity index (χ1v) is 8.02. The lowest BCUT2D eigenvalue weighted by Gasteiger charge is -2.14. The second-order valence-electron chi connectivity index (χ2n) is 4.91. The maximum absolute atomic E-state index is 12.3. The Labute approximate surface area is 121 Å². The Hall–Kier alpha value is -1.11. The fourth-order valence-corrected chi connectivity index (χ4v) is 3.46. The molecule has 0 aromatic heterocycles. The van der Waals surface area contributed by atoms with Gasteiger partial charge in [0.05, 0.1) is 24.7 Å². The smallest absolute Gasteiger partial charge is 0.241 e. The van der Waals surface area contributed by atoms with Crippen LogP contribution < -0.4 is 9.46 Å². The van der Waals surface area contributed by atoms with E-state index in [0.717, 1.165) is 0 Å². The van der Waals surface area contributed by atoms with Gasteiger partial charge < -0.3 is 9.47 Å². The zero-order valence-electron chi connectivity index (χ0n) is 12.7. The van der Waals surface area contributed by atoms with E-state index in [1.54, 1.807) is 33.1 Å². The Morgan fingerprint density at radius 3 is 2.20 bits per heavy atom. The van der Waals surface area contributed by atoms with Crippen LogP contribution in [0.2, 0.25) is 0 Å².